The maximum Gasteiger partial charge on any atom is 0.258 e. The predicted octanol–water partition coefficient (Wildman–Crippen LogP) is 4.98. The smallest absolute Gasteiger partial charge is 0.258 e. The van der Waals surface area contributed by atoms with Crippen LogP contribution < -0.4 is 0 Å². The number of amides is 1. The molecule has 1 aliphatic heterocycles. The molecule has 0 saturated carbocycles. The van der Waals surface area contributed by atoms with Crippen LogP contribution in [0.5, 0.6) is 0 Å². The summed E-state index contributed by atoms with van der Waals surface area (Å²) in [4.78, 5) is 15.7. The van der Waals surface area contributed by atoms with E-state index in [1.54, 1.807) is 17.1 Å². The third-order valence-electron chi connectivity index (χ3n) is 3.65. The van der Waals surface area contributed by atoms with Gasteiger partial charge in [-0.2, -0.15) is 0 Å². The Hall–Kier alpha value is -0.680. The summed E-state index contributed by atoms with van der Waals surface area (Å²) in [6, 6.07) is 6.32. The van der Waals surface area contributed by atoms with Gasteiger partial charge in [0.2, 0.25) is 0 Å². The number of rotatable bonds is 2. The van der Waals surface area contributed by atoms with Gasteiger partial charge in [-0.15, -0.1) is 23.1 Å². The van der Waals surface area contributed by atoms with Crippen molar-refractivity contribution in [3.05, 3.63) is 49.6 Å². The van der Waals surface area contributed by atoms with Crippen molar-refractivity contribution in [3.63, 3.8) is 0 Å². The summed E-state index contributed by atoms with van der Waals surface area (Å²) in [5.41, 5.74) is 3.01. The van der Waals surface area contributed by atoms with Gasteiger partial charge in [-0.05, 0) is 29.9 Å². The molecule has 0 saturated heterocycles. The first-order chi connectivity index (χ1) is 10.1. The van der Waals surface area contributed by atoms with Crippen LogP contribution in [0.1, 0.15) is 21.5 Å². The highest BCUT2D eigenvalue weighted by Gasteiger charge is 2.27. The minimum Gasteiger partial charge on any atom is -0.334 e. The second-order valence-corrected chi connectivity index (χ2v) is 7.54. The molecule has 6 heteroatoms. The average Bonchev–Trinajstić information content (AvgIpc) is 2.84. The van der Waals surface area contributed by atoms with Crippen LogP contribution in [-0.4, -0.2) is 23.6 Å². The Morgan fingerprint density at radius 3 is 2.86 bits per heavy atom. The maximum atomic E-state index is 12.7. The van der Waals surface area contributed by atoms with Crippen LogP contribution in [-0.2, 0) is 13.0 Å². The number of benzene rings is 1. The van der Waals surface area contributed by atoms with Crippen LogP contribution in [0.15, 0.2) is 28.5 Å². The lowest BCUT2D eigenvalue weighted by molar-refractivity contribution is 0.0734. The fourth-order valence-electron chi connectivity index (χ4n) is 2.57. The molecule has 0 unspecified atom stereocenters. The number of hydrogen-bond donors (Lipinski definition) is 0. The monoisotopic (exact) mass is 357 g/mol. The highest BCUT2D eigenvalue weighted by atomic mass is 35.5. The second-order valence-electron chi connectivity index (χ2n) is 4.81. The molecule has 21 heavy (non-hydrogen) atoms. The summed E-state index contributed by atoms with van der Waals surface area (Å²) in [6.07, 6.45) is 2.93. The van der Waals surface area contributed by atoms with Crippen LogP contribution in [0.3, 0.4) is 0 Å². The molecule has 1 aromatic heterocycles. The highest BCUT2D eigenvalue weighted by molar-refractivity contribution is 7.98. The predicted molar refractivity (Wildman–Crippen MR) is 91.0 cm³/mol. The van der Waals surface area contributed by atoms with E-state index in [2.05, 4.69) is 24.5 Å². The van der Waals surface area contributed by atoms with Gasteiger partial charge in [0.25, 0.3) is 5.91 Å². The fraction of sp³-hybridized carbons (Fsp3) is 0.267. The lowest BCUT2D eigenvalue weighted by Crippen LogP contribution is -2.36. The van der Waals surface area contributed by atoms with E-state index in [9.17, 15) is 4.79 Å². The van der Waals surface area contributed by atoms with Crippen LogP contribution >= 0.6 is 46.3 Å². The summed E-state index contributed by atoms with van der Waals surface area (Å²) >= 11 is 15.2. The van der Waals surface area contributed by atoms with Crippen LogP contribution in [0.4, 0.5) is 0 Å². The summed E-state index contributed by atoms with van der Waals surface area (Å²) < 4.78 is 0.467. The summed E-state index contributed by atoms with van der Waals surface area (Å²) in [5, 5.41) is 2.15. The molecule has 2 nitrogen and oxygen atoms in total. The van der Waals surface area contributed by atoms with Crippen molar-refractivity contribution in [1.82, 2.24) is 4.90 Å². The number of thioether (sulfide) groups is 1. The van der Waals surface area contributed by atoms with E-state index < -0.39 is 0 Å². The van der Waals surface area contributed by atoms with Gasteiger partial charge in [-0.3, -0.25) is 4.79 Å². The number of carbonyl (C=O) groups excluding carboxylic acids is 1. The van der Waals surface area contributed by atoms with Crippen molar-refractivity contribution in [2.45, 2.75) is 17.9 Å². The fourth-order valence-corrected chi connectivity index (χ4v) is 4.60. The van der Waals surface area contributed by atoms with E-state index in [0.717, 1.165) is 6.42 Å². The number of fused-ring (bicyclic) bond motifs is 1. The molecule has 0 fully saturated rings. The van der Waals surface area contributed by atoms with Crippen LogP contribution in [0.2, 0.25) is 9.36 Å². The third-order valence-corrected chi connectivity index (χ3v) is 6.12. The van der Waals surface area contributed by atoms with Crippen molar-refractivity contribution >= 4 is 52.2 Å². The second kappa shape index (κ2) is 6.21. The molecule has 1 aliphatic rings. The zero-order valence-electron chi connectivity index (χ0n) is 11.4. The summed E-state index contributed by atoms with van der Waals surface area (Å²) in [6.45, 7) is 1.32. The Balaban J connectivity index is 1.91. The van der Waals surface area contributed by atoms with E-state index in [0.29, 0.717) is 28.0 Å². The topological polar surface area (TPSA) is 20.3 Å². The van der Waals surface area contributed by atoms with Gasteiger partial charge in [0, 0.05) is 23.4 Å². The molecule has 0 radical (unpaired) electrons. The van der Waals surface area contributed by atoms with Gasteiger partial charge >= 0.3 is 0 Å². The number of hydrogen-bond acceptors (Lipinski definition) is 3. The van der Waals surface area contributed by atoms with Crippen molar-refractivity contribution in [3.8, 4) is 0 Å². The van der Waals surface area contributed by atoms with E-state index in [1.165, 1.54) is 27.4 Å². The number of carbonyl (C=O) groups is 1. The largest absolute Gasteiger partial charge is 0.334 e. The van der Waals surface area contributed by atoms with Gasteiger partial charge in [0.15, 0.2) is 0 Å². The molecular formula is C15H13Cl2NOS2. The molecule has 0 spiro atoms. The minimum atomic E-state index is -0.0761. The van der Waals surface area contributed by atoms with Gasteiger partial charge in [0.1, 0.15) is 4.34 Å². The molecule has 0 atom stereocenters. The normalized spacial score (nSPS) is 14.1. The molecule has 110 valence electrons. The quantitative estimate of drug-likeness (QED) is 0.706. The molecule has 0 N–H and O–H groups in total. The zero-order valence-corrected chi connectivity index (χ0v) is 14.5. The lowest BCUT2D eigenvalue weighted by Gasteiger charge is -2.30. The Morgan fingerprint density at radius 2 is 2.19 bits per heavy atom. The van der Waals surface area contributed by atoms with Gasteiger partial charge in [0.05, 0.1) is 10.6 Å². The number of halogens is 2. The van der Waals surface area contributed by atoms with Crippen molar-refractivity contribution in [1.29, 1.82) is 0 Å². The van der Waals surface area contributed by atoms with Gasteiger partial charge in [-0.25, -0.2) is 0 Å². The maximum absolute atomic E-state index is 12.7. The molecular weight excluding hydrogens is 345 g/mol. The molecule has 3 rings (SSSR count). The number of thiophene rings is 1. The molecule has 1 aromatic carbocycles. The molecule has 1 amide bonds. The van der Waals surface area contributed by atoms with E-state index in [-0.39, 0.29) is 5.91 Å². The lowest BCUT2D eigenvalue weighted by atomic mass is 9.99. The Morgan fingerprint density at radius 1 is 1.38 bits per heavy atom. The van der Waals surface area contributed by atoms with E-state index >= 15 is 0 Å². The van der Waals surface area contributed by atoms with Crippen molar-refractivity contribution in [2.24, 2.45) is 0 Å². The highest BCUT2D eigenvalue weighted by Crippen LogP contribution is 2.34. The summed E-state index contributed by atoms with van der Waals surface area (Å²) in [5.74, 6) is -0.0761. The average molecular weight is 358 g/mol. The SMILES string of the molecule is CSc1cccc2c1CN(C(=O)c1c(Cl)csc1Cl)CC2. The van der Waals surface area contributed by atoms with E-state index in [1.807, 2.05) is 4.90 Å². The molecule has 2 heterocycles. The Labute approximate surface area is 142 Å². The first kappa shape index (κ1) is 15.2. The van der Waals surface area contributed by atoms with Crippen molar-refractivity contribution < 1.29 is 4.79 Å². The first-order valence-corrected chi connectivity index (χ1v) is 9.34. The van der Waals surface area contributed by atoms with Gasteiger partial charge < -0.3 is 4.90 Å². The third kappa shape index (κ3) is 2.82. The van der Waals surface area contributed by atoms with Crippen molar-refractivity contribution in [2.75, 3.05) is 12.8 Å². The first-order valence-electron chi connectivity index (χ1n) is 6.48. The number of nitrogens with zero attached hydrogens (tertiary/aromatic N) is 1. The zero-order chi connectivity index (χ0) is 15.0. The standard InChI is InChI=1S/C15H13Cl2NOS2/c1-20-12-4-2-3-9-5-6-18(7-10(9)12)15(19)13-11(16)8-21-14(13)17/h2-4,8H,5-7H2,1H3. The van der Waals surface area contributed by atoms with Gasteiger partial charge in [-0.1, -0.05) is 35.3 Å². The van der Waals surface area contributed by atoms with Crippen LogP contribution in [0, 0.1) is 0 Å². The molecule has 2 aromatic rings. The Bertz CT molecular complexity index is 665. The molecule has 0 aliphatic carbocycles. The van der Waals surface area contributed by atoms with Crippen LogP contribution in [0.25, 0.3) is 0 Å². The summed E-state index contributed by atoms with van der Waals surface area (Å²) in [7, 11) is 0. The Kier molecular flexibility index (Phi) is 4.50. The minimum absolute atomic E-state index is 0.0761. The molecule has 0 bridgehead atoms. The van der Waals surface area contributed by atoms with E-state index in [4.69, 9.17) is 23.2 Å².